The van der Waals surface area contributed by atoms with Crippen molar-refractivity contribution >= 4 is 0 Å². The Morgan fingerprint density at radius 1 is 0.610 bits per heavy atom. The lowest BCUT2D eigenvalue weighted by Gasteiger charge is -2.38. The third kappa shape index (κ3) is 6.31. The van der Waals surface area contributed by atoms with E-state index in [1.807, 2.05) is 6.07 Å². The number of alkyl halides is 2. The summed E-state index contributed by atoms with van der Waals surface area (Å²) in [5.74, 6) is 1.98. The van der Waals surface area contributed by atoms with E-state index in [2.05, 4.69) is 58.9 Å². The summed E-state index contributed by atoms with van der Waals surface area (Å²) in [6, 6.07) is 14.9. The summed E-state index contributed by atoms with van der Waals surface area (Å²) in [6.07, 6.45) is 4.85. The molecule has 0 amide bonds. The van der Waals surface area contributed by atoms with Crippen LogP contribution < -0.4 is 0 Å². The number of ether oxygens (including phenoxy) is 1. The summed E-state index contributed by atoms with van der Waals surface area (Å²) >= 11 is 0. The molecule has 2 fully saturated rings. The van der Waals surface area contributed by atoms with Gasteiger partial charge in [0.05, 0.1) is 11.7 Å². The number of hydrogen-bond donors (Lipinski definition) is 0. The van der Waals surface area contributed by atoms with Gasteiger partial charge < -0.3 is 4.74 Å². The van der Waals surface area contributed by atoms with Gasteiger partial charge >= 0.3 is 6.11 Å². The van der Waals surface area contributed by atoms with Gasteiger partial charge in [-0.05, 0) is 173 Å². The Morgan fingerprint density at radius 3 is 1.61 bits per heavy atom. The molecule has 0 radical (unpaired) electrons. The van der Waals surface area contributed by atoms with E-state index in [1.165, 1.54) is 70.2 Å². The van der Waals surface area contributed by atoms with Crippen molar-refractivity contribution in [2.24, 2.45) is 11.8 Å². The monoisotopic (exact) mass is 558 g/mol. The fraction of sp³-hybridized carbons (Fsp3) is 0.526. The Balaban J connectivity index is 1.17. The maximum absolute atomic E-state index is 15.1. The molecular formula is C38H48F2O. The van der Waals surface area contributed by atoms with Gasteiger partial charge in [0, 0.05) is 0 Å². The second kappa shape index (κ2) is 12.0. The van der Waals surface area contributed by atoms with E-state index in [0.717, 1.165) is 25.7 Å². The lowest BCUT2D eigenvalue weighted by Crippen LogP contribution is -2.33. The molecule has 0 aliphatic heterocycles. The second-order valence-corrected chi connectivity index (χ2v) is 13.3. The summed E-state index contributed by atoms with van der Waals surface area (Å²) in [6.45, 7) is 14.7. The molecule has 0 N–H and O–H groups in total. The number of aryl methyl sites for hydroxylation is 6. The van der Waals surface area contributed by atoms with Crippen LogP contribution in [0.3, 0.4) is 0 Å². The van der Waals surface area contributed by atoms with Crippen molar-refractivity contribution in [2.75, 3.05) is 0 Å². The summed E-state index contributed by atoms with van der Waals surface area (Å²) in [5.41, 5.74) is 12.3. The van der Waals surface area contributed by atoms with Crippen LogP contribution in [0.15, 0.2) is 42.5 Å². The minimum Gasteiger partial charge on any atom is -0.313 e. The molecule has 0 unspecified atom stereocenters. The van der Waals surface area contributed by atoms with Gasteiger partial charge in [0.15, 0.2) is 0 Å². The maximum Gasteiger partial charge on any atom is 0.384 e. The zero-order chi connectivity index (χ0) is 29.5. The SMILES string of the molecule is Cc1cc(-c2c(C)cc(C3CCC(C4CCC(OC(F)(F)c5c(C)cccc5C)CC4)CC3)cc2C)cc(C)c1C. The first-order valence-electron chi connectivity index (χ1n) is 15.8. The van der Waals surface area contributed by atoms with Crippen molar-refractivity contribution < 1.29 is 13.5 Å². The van der Waals surface area contributed by atoms with Gasteiger partial charge in [0.25, 0.3) is 0 Å². The highest BCUT2D eigenvalue weighted by atomic mass is 19.3. The predicted molar refractivity (Wildman–Crippen MR) is 167 cm³/mol. The normalized spacial score (nSPS) is 23.5. The van der Waals surface area contributed by atoms with E-state index in [0.29, 0.717) is 28.9 Å². The van der Waals surface area contributed by atoms with Crippen molar-refractivity contribution in [3.05, 3.63) is 92.5 Å². The van der Waals surface area contributed by atoms with E-state index in [1.54, 1.807) is 26.0 Å². The predicted octanol–water partition coefficient (Wildman–Crippen LogP) is 11.1. The van der Waals surface area contributed by atoms with Gasteiger partial charge in [-0.3, -0.25) is 0 Å². The lowest BCUT2D eigenvalue weighted by molar-refractivity contribution is -0.279. The lowest BCUT2D eigenvalue weighted by atomic mass is 9.69. The zero-order valence-electron chi connectivity index (χ0n) is 26.2. The van der Waals surface area contributed by atoms with Gasteiger partial charge in [-0.2, -0.15) is 8.78 Å². The molecule has 0 bridgehead atoms. The third-order valence-corrected chi connectivity index (χ3v) is 10.5. The molecule has 3 heteroatoms. The quantitative estimate of drug-likeness (QED) is 0.292. The summed E-state index contributed by atoms with van der Waals surface area (Å²) in [4.78, 5) is 0. The van der Waals surface area contributed by atoms with Crippen molar-refractivity contribution in [3.63, 3.8) is 0 Å². The standard InChI is InChI=1S/C38H48F2O/c1-23-9-8-10-24(2)37(23)38(39,40)41-35-17-15-31(16-18-35)30-11-13-32(14-12-30)33-21-27(5)36(28(6)22-33)34-19-25(3)29(7)26(4)20-34/h8-10,19-22,30-32,35H,11-18H2,1-7H3. The van der Waals surface area contributed by atoms with Crippen molar-refractivity contribution in [1.82, 2.24) is 0 Å². The first-order chi connectivity index (χ1) is 19.4. The molecule has 0 aromatic heterocycles. The van der Waals surface area contributed by atoms with E-state index in [-0.39, 0.29) is 11.7 Å². The van der Waals surface area contributed by atoms with E-state index in [9.17, 15) is 0 Å². The molecule has 41 heavy (non-hydrogen) atoms. The van der Waals surface area contributed by atoms with Crippen LogP contribution in [-0.4, -0.2) is 6.10 Å². The van der Waals surface area contributed by atoms with Crippen LogP contribution in [0.5, 0.6) is 0 Å². The summed E-state index contributed by atoms with van der Waals surface area (Å²) in [7, 11) is 0. The molecule has 1 nitrogen and oxygen atoms in total. The molecule has 0 spiro atoms. The molecule has 2 saturated carbocycles. The maximum atomic E-state index is 15.1. The van der Waals surface area contributed by atoms with Crippen LogP contribution in [0.4, 0.5) is 8.78 Å². The highest BCUT2D eigenvalue weighted by molar-refractivity contribution is 5.73. The van der Waals surface area contributed by atoms with Crippen LogP contribution in [-0.2, 0) is 10.8 Å². The Morgan fingerprint density at radius 2 is 1.10 bits per heavy atom. The average molecular weight is 559 g/mol. The molecular weight excluding hydrogens is 510 g/mol. The van der Waals surface area contributed by atoms with E-state index in [4.69, 9.17) is 4.74 Å². The highest BCUT2D eigenvalue weighted by Crippen LogP contribution is 2.46. The van der Waals surface area contributed by atoms with Gasteiger partial charge in [-0.25, -0.2) is 0 Å². The van der Waals surface area contributed by atoms with Crippen molar-refractivity contribution in [1.29, 1.82) is 0 Å². The van der Waals surface area contributed by atoms with Crippen LogP contribution in [0.2, 0.25) is 0 Å². The highest BCUT2D eigenvalue weighted by Gasteiger charge is 2.40. The van der Waals surface area contributed by atoms with Gasteiger partial charge in [0.2, 0.25) is 0 Å². The number of benzene rings is 3. The molecule has 0 saturated heterocycles. The van der Waals surface area contributed by atoms with Crippen LogP contribution in [0.25, 0.3) is 11.1 Å². The van der Waals surface area contributed by atoms with Crippen LogP contribution in [0, 0.1) is 60.3 Å². The van der Waals surface area contributed by atoms with Gasteiger partial charge in [-0.1, -0.05) is 42.5 Å². The van der Waals surface area contributed by atoms with Crippen molar-refractivity contribution in [2.45, 2.75) is 118 Å². The van der Waals surface area contributed by atoms with E-state index < -0.39 is 6.11 Å². The first kappa shape index (κ1) is 30.0. The smallest absolute Gasteiger partial charge is 0.313 e. The molecule has 2 aliphatic carbocycles. The molecule has 0 atom stereocenters. The fourth-order valence-corrected chi connectivity index (χ4v) is 8.01. The summed E-state index contributed by atoms with van der Waals surface area (Å²) < 4.78 is 35.7. The Labute approximate surface area is 246 Å². The van der Waals surface area contributed by atoms with Crippen LogP contribution in [0.1, 0.15) is 107 Å². The topological polar surface area (TPSA) is 9.23 Å². The third-order valence-electron chi connectivity index (χ3n) is 10.5. The zero-order valence-corrected chi connectivity index (χ0v) is 26.2. The first-order valence-corrected chi connectivity index (χ1v) is 15.8. The van der Waals surface area contributed by atoms with Crippen LogP contribution >= 0.6 is 0 Å². The second-order valence-electron chi connectivity index (χ2n) is 13.3. The summed E-state index contributed by atoms with van der Waals surface area (Å²) in [5, 5.41) is 0. The van der Waals surface area contributed by atoms with Gasteiger partial charge in [0.1, 0.15) is 0 Å². The minimum absolute atomic E-state index is 0.0445. The Hall–Kier alpha value is -2.52. The van der Waals surface area contributed by atoms with Crippen molar-refractivity contribution in [3.8, 4) is 11.1 Å². The fourth-order valence-electron chi connectivity index (χ4n) is 8.01. The number of rotatable bonds is 6. The largest absolute Gasteiger partial charge is 0.384 e. The van der Waals surface area contributed by atoms with Gasteiger partial charge in [-0.15, -0.1) is 0 Å². The molecule has 3 aromatic carbocycles. The Bertz CT molecular complexity index is 1320. The minimum atomic E-state index is -3.23. The molecule has 2 aliphatic rings. The average Bonchev–Trinajstić information content (AvgIpc) is 2.91. The molecule has 5 rings (SSSR count). The molecule has 0 heterocycles. The molecule has 220 valence electrons. The number of hydrogen-bond acceptors (Lipinski definition) is 1. The molecule has 3 aromatic rings. The number of halogens is 2. The van der Waals surface area contributed by atoms with E-state index >= 15 is 8.78 Å². The Kier molecular flexibility index (Phi) is 8.76.